The molecule has 1 N–H and O–H groups in total. The number of rotatable bonds is 2. The van der Waals surface area contributed by atoms with Crippen molar-refractivity contribution in [1.82, 2.24) is 0 Å². The molecule has 1 rings (SSSR count). The summed E-state index contributed by atoms with van der Waals surface area (Å²) >= 11 is 0. The number of hydrogen-bond acceptors (Lipinski definition) is 3. The average Bonchev–Trinajstić information content (AvgIpc) is 2.44. The Bertz CT molecular complexity index is 537. The number of aliphatic hydroxyl groups is 1. The number of ether oxygens (including phenoxy) is 1. The van der Waals surface area contributed by atoms with E-state index in [-0.39, 0.29) is 11.9 Å². The molecule has 3 heteroatoms. The van der Waals surface area contributed by atoms with Gasteiger partial charge in [-0.15, -0.1) is 0 Å². The highest BCUT2D eigenvalue weighted by atomic mass is 16.6. The largest absolute Gasteiger partial charge is 0.460 e. The molecule has 0 heterocycles. The quantitative estimate of drug-likeness (QED) is 0.529. The van der Waals surface area contributed by atoms with Gasteiger partial charge in [-0.25, -0.2) is 0 Å². The molecule has 0 aromatic heterocycles. The maximum atomic E-state index is 11.5. The maximum Gasteiger partial charge on any atom is 0.303 e. The van der Waals surface area contributed by atoms with Crippen molar-refractivity contribution in [1.29, 1.82) is 0 Å². The number of esters is 1. The predicted octanol–water partition coefficient (Wildman–Crippen LogP) is 5.50. The Morgan fingerprint density at radius 2 is 1.80 bits per heavy atom. The summed E-state index contributed by atoms with van der Waals surface area (Å²) in [6.45, 7) is 11.8. The van der Waals surface area contributed by atoms with Crippen LogP contribution in [0.15, 0.2) is 34.9 Å². The molecule has 0 fully saturated rings. The van der Waals surface area contributed by atoms with Gasteiger partial charge in [-0.3, -0.25) is 4.79 Å². The van der Waals surface area contributed by atoms with Gasteiger partial charge in [0.15, 0.2) is 0 Å². The fraction of sp³-hybridized carbons (Fsp3) is 0.682. The lowest BCUT2D eigenvalue weighted by molar-refractivity contribution is -0.159. The van der Waals surface area contributed by atoms with Crippen LogP contribution in [0.25, 0.3) is 0 Å². The molecule has 1 aliphatic rings. The van der Waals surface area contributed by atoms with Crippen LogP contribution < -0.4 is 0 Å². The minimum absolute atomic E-state index is 0.228. The number of carbonyl (C=O) groups excluding carboxylic acids is 1. The van der Waals surface area contributed by atoms with E-state index in [4.69, 9.17) is 4.74 Å². The average molecular weight is 349 g/mol. The second-order valence-electron chi connectivity index (χ2n) is 8.09. The summed E-state index contributed by atoms with van der Waals surface area (Å²) in [5, 5.41) is 10.3. The van der Waals surface area contributed by atoms with Crippen LogP contribution in [0.3, 0.4) is 0 Å². The smallest absolute Gasteiger partial charge is 0.303 e. The number of allylic oxidation sites excluding steroid dienone is 4. The Morgan fingerprint density at radius 3 is 2.44 bits per heavy atom. The topological polar surface area (TPSA) is 46.5 Å². The van der Waals surface area contributed by atoms with Crippen molar-refractivity contribution in [2.45, 2.75) is 91.8 Å². The van der Waals surface area contributed by atoms with Crippen molar-refractivity contribution in [2.24, 2.45) is 5.92 Å². The molecule has 142 valence electrons. The van der Waals surface area contributed by atoms with Crippen molar-refractivity contribution in [3.05, 3.63) is 34.9 Å². The lowest BCUT2D eigenvalue weighted by atomic mass is 9.82. The predicted molar refractivity (Wildman–Crippen MR) is 104 cm³/mol. The molecule has 1 aliphatic carbocycles. The third kappa shape index (κ3) is 8.53. The van der Waals surface area contributed by atoms with Crippen LogP contribution in [0.5, 0.6) is 0 Å². The first-order valence-corrected chi connectivity index (χ1v) is 9.46. The van der Waals surface area contributed by atoms with Gasteiger partial charge in [-0.05, 0) is 73.1 Å². The van der Waals surface area contributed by atoms with Crippen molar-refractivity contribution < 1.29 is 14.6 Å². The molecule has 0 saturated carbocycles. The van der Waals surface area contributed by atoms with Crippen molar-refractivity contribution in [2.75, 3.05) is 0 Å². The fourth-order valence-corrected chi connectivity index (χ4v) is 3.48. The molecule has 0 bridgehead atoms. The van der Waals surface area contributed by atoms with Crippen molar-refractivity contribution in [3.8, 4) is 0 Å². The zero-order valence-corrected chi connectivity index (χ0v) is 16.9. The Balaban J connectivity index is 3.01. The van der Waals surface area contributed by atoms with E-state index < -0.39 is 11.7 Å². The van der Waals surface area contributed by atoms with Crippen LogP contribution in [-0.2, 0) is 9.53 Å². The van der Waals surface area contributed by atoms with E-state index in [9.17, 15) is 9.90 Å². The summed E-state index contributed by atoms with van der Waals surface area (Å²) in [5.41, 5.74) is 3.32. The van der Waals surface area contributed by atoms with Crippen molar-refractivity contribution in [3.63, 3.8) is 0 Å². The van der Waals surface area contributed by atoms with E-state index in [1.807, 2.05) is 19.9 Å². The molecule has 0 spiro atoms. The second kappa shape index (κ2) is 9.96. The Hall–Kier alpha value is -1.35. The first-order valence-electron chi connectivity index (χ1n) is 9.46. The lowest BCUT2D eigenvalue weighted by Gasteiger charge is -2.33. The van der Waals surface area contributed by atoms with Gasteiger partial charge in [0.2, 0.25) is 0 Å². The van der Waals surface area contributed by atoms with E-state index in [1.165, 1.54) is 23.6 Å². The van der Waals surface area contributed by atoms with Gasteiger partial charge in [0, 0.05) is 12.8 Å². The van der Waals surface area contributed by atoms with Crippen LogP contribution in [0.2, 0.25) is 0 Å². The molecule has 0 aliphatic heterocycles. The Kier molecular flexibility index (Phi) is 8.64. The van der Waals surface area contributed by atoms with E-state index in [1.54, 1.807) is 0 Å². The normalized spacial score (nSPS) is 24.5. The van der Waals surface area contributed by atoms with Gasteiger partial charge in [0.05, 0.1) is 6.10 Å². The summed E-state index contributed by atoms with van der Waals surface area (Å²) in [6, 6.07) is 0. The summed E-state index contributed by atoms with van der Waals surface area (Å²) < 4.78 is 5.61. The van der Waals surface area contributed by atoms with Crippen LogP contribution in [0.1, 0.15) is 80.1 Å². The first-order chi connectivity index (χ1) is 11.6. The molecule has 0 saturated heterocycles. The Labute approximate surface area is 153 Å². The van der Waals surface area contributed by atoms with Crippen LogP contribution >= 0.6 is 0 Å². The van der Waals surface area contributed by atoms with E-state index in [0.717, 1.165) is 32.1 Å². The number of aliphatic hydroxyl groups excluding tert-OH is 1. The molecule has 0 radical (unpaired) electrons. The number of hydrogen-bond donors (Lipinski definition) is 1. The van der Waals surface area contributed by atoms with Gasteiger partial charge in [-0.2, -0.15) is 0 Å². The van der Waals surface area contributed by atoms with Crippen LogP contribution in [0.4, 0.5) is 0 Å². The van der Waals surface area contributed by atoms with Crippen molar-refractivity contribution >= 4 is 5.97 Å². The van der Waals surface area contributed by atoms with Gasteiger partial charge in [0.1, 0.15) is 5.60 Å². The molecule has 0 amide bonds. The highest BCUT2D eigenvalue weighted by molar-refractivity contribution is 5.66. The summed E-state index contributed by atoms with van der Waals surface area (Å²) in [7, 11) is 0. The summed E-state index contributed by atoms with van der Waals surface area (Å²) in [4.78, 5) is 11.5. The summed E-state index contributed by atoms with van der Waals surface area (Å²) in [6.07, 6.45) is 11.6. The van der Waals surface area contributed by atoms with Crippen LogP contribution in [0, 0.1) is 5.92 Å². The van der Waals surface area contributed by atoms with Crippen LogP contribution in [-0.4, -0.2) is 22.8 Å². The van der Waals surface area contributed by atoms with E-state index in [0.29, 0.717) is 6.42 Å². The van der Waals surface area contributed by atoms with Gasteiger partial charge >= 0.3 is 5.97 Å². The lowest BCUT2D eigenvalue weighted by Crippen LogP contribution is -2.36. The monoisotopic (exact) mass is 348 g/mol. The SMILES string of the molecule is CC(=O)OC(C)(C)C1CC=C(C)CCC=C(C)CC(O)C=C(C)CC1. The summed E-state index contributed by atoms with van der Waals surface area (Å²) in [5.74, 6) is 0.0282. The maximum absolute atomic E-state index is 11.5. The fourth-order valence-electron chi connectivity index (χ4n) is 3.48. The standard InChI is InChI=1S/C22H36O3/c1-16-8-7-9-17(2)14-21(24)15-18(3)11-13-20(12-10-16)22(5,6)25-19(4)23/h9-10,15,20-21,24H,7-8,11-14H2,1-6H3. The van der Waals surface area contributed by atoms with Gasteiger partial charge < -0.3 is 9.84 Å². The highest BCUT2D eigenvalue weighted by Crippen LogP contribution is 2.31. The molecule has 2 atom stereocenters. The molecule has 0 aromatic carbocycles. The first kappa shape index (κ1) is 21.7. The molecule has 2 unspecified atom stereocenters. The third-order valence-electron chi connectivity index (χ3n) is 5.07. The molecule has 3 nitrogen and oxygen atoms in total. The van der Waals surface area contributed by atoms with E-state index in [2.05, 4.69) is 32.9 Å². The van der Waals surface area contributed by atoms with Gasteiger partial charge in [0.25, 0.3) is 0 Å². The molecule has 0 aromatic rings. The minimum atomic E-state index is -0.491. The van der Waals surface area contributed by atoms with E-state index >= 15 is 0 Å². The second-order valence-corrected chi connectivity index (χ2v) is 8.09. The molecule has 25 heavy (non-hydrogen) atoms. The van der Waals surface area contributed by atoms with Gasteiger partial charge in [-0.1, -0.05) is 34.9 Å². The zero-order chi connectivity index (χ0) is 19.0. The highest BCUT2D eigenvalue weighted by Gasteiger charge is 2.31. The zero-order valence-electron chi connectivity index (χ0n) is 16.9. The molecular formula is C22H36O3. The molecular weight excluding hydrogens is 312 g/mol. The Morgan fingerprint density at radius 1 is 1.12 bits per heavy atom. The third-order valence-corrected chi connectivity index (χ3v) is 5.07. The minimum Gasteiger partial charge on any atom is -0.460 e. The number of carbonyl (C=O) groups is 1.